The first-order valence-electron chi connectivity index (χ1n) is 6.52. The van der Waals surface area contributed by atoms with Gasteiger partial charge in [0.1, 0.15) is 6.54 Å². The van der Waals surface area contributed by atoms with E-state index in [1.54, 1.807) is 31.2 Å². The topological polar surface area (TPSA) is 98.7 Å². The maximum Gasteiger partial charge on any atom is 0.322 e. The SMILES string of the molecule is CCNC(=O)CN(C)C(=O)Nc1ccc(CC(=O)O)cc1. The number of hydrogen-bond donors (Lipinski definition) is 3. The van der Waals surface area contributed by atoms with Crippen LogP contribution in [0.4, 0.5) is 10.5 Å². The fraction of sp³-hybridized carbons (Fsp3) is 0.357. The molecule has 3 amide bonds. The molecule has 1 aromatic rings. The number of carboxylic acids is 1. The number of carbonyl (C=O) groups is 3. The molecule has 3 N–H and O–H groups in total. The molecule has 114 valence electrons. The molecule has 0 aliphatic rings. The third kappa shape index (κ3) is 5.94. The monoisotopic (exact) mass is 293 g/mol. The predicted molar refractivity (Wildman–Crippen MR) is 78.1 cm³/mol. The summed E-state index contributed by atoms with van der Waals surface area (Å²) in [5, 5.41) is 13.9. The van der Waals surface area contributed by atoms with Crippen LogP contribution in [0.3, 0.4) is 0 Å². The second kappa shape index (κ2) is 7.88. The van der Waals surface area contributed by atoms with Crippen LogP contribution in [-0.2, 0) is 16.0 Å². The van der Waals surface area contributed by atoms with E-state index in [0.717, 1.165) is 0 Å². The van der Waals surface area contributed by atoms with Crippen LogP contribution in [0.15, 0.2) is 24.3 Å². The number of nitrogens with one attached hydrogen (secondary N) is 2. The van der Waals surface area contributed by atoms with E-state index in [0.29, 0.717) is 17.8 Å². The average Bonchev–Trinajstić information content (AvgIpc) is 2.40. The van der Waals surface area contributed by atoms with Gasteiger partial charge in [0.05, 0.1) is 6.42 Å². The summed E-state index contributed by atoms with van der Waals surface area (Å²) in [4.78, 5) is 35.0. The third-order valence-corrected chi connectivity index (χ3v) is 2.66. The Kier molecular flexibility index (Phi) is 6.19. The number of carbonyl (C=O) groups excluding carboxylic acids is 2. The van der Waals surface area contributed by atoms with Crippen LogP contribution in [0.2, 0.25) is 0 Å². The highest BCUT2D eigenvalue weighted by molar-refractivity contribution is 5.92. The number of nitrogens with zero attached hydrogens (tertiary/aromatic N) is 1. The van der Waals surface area contributed by atoms with Gasteiger partial charge in [-0.15, -0.1) is 0 Å². The van der Waals surface area contributed by atoms with Gasteiger partial charge < -0.3 is 20.6 Å². The lowest BCUT2D eigenvalue weighted by Crippen LogP contribution is -2.40. The molecular formula is C14H19N3O4. The summed E-state index contributed by atoms with van der Waals surface area (Å²) in [5.74, 6) is -1.14. The fourth-order valence-electron chi connectivity index (χ4n) is 1.64. The van der Waals surface area contributed by atoms with Gasteiger partial charge in [0, 0.05) is 19.3 Å². The summed E-state index contributed by atoms with van der Waals surface area (Å²) < 4.78 is 0. The van der Waals surface area contributed by atoms with Crippen LogP contribution in [0.25, 0.3) is 0 Å². The number of urea groups is 1. The van der Waals surface area contributed by atoms with Gasteiger partial charge >= 0.3 is 12.0 Å². The van der Waals surface area contributed by atoms with Crippen molar-refractivity contribution in [1.29, 1.82) is 0 Å². The van der Waals surface area contributed by atoms with E-state index in [1.165, 1.54) is 11.9 Å². The lowest BCUT2D eigenvalue weighted by Gasteiger charge is -2.17. The maximum absolute atomic E-state index is 11.9. The zero-order chi connectivity index (χ0) is 15.8. The molecule has 7 heteroatoms. The Morgan fingerprint density at radius 2 is 1.81 bits per heavy atom. The maximum atomic E-state index is 11.9. The quantitative estimate of drug-likeness (QED) is 0.726. The van der Waals surface area contributed by atoms with Crippen molar-refractivity contribution in [3.63, 3.8) is 0 Å². The van der Waals surface area contributed by atoms with Gasteiger partial charge in [-0.2, -0.15) is 0 Å². The highest BCUT2D eigenvalue weighted by Gasteiger charge is 2.12. The van der Waals surface area contributed by atoms with Gasteiger partial charge in [0.2, 0.25) is 5.91 Å². The largest absolute Gasteiger partial charge is 0.481 e. The standard InChI is InChI=1S/C14H19N3O4/c1-3-15-12(18)9-17(2)14(21)16-11-6-4-10(5-7-11)8-13(19)20/h4-7H,3,8-9H2,1-2H3,(H,15,18)(H,16,21)(H,19,20). The molecule has 0 atom stereocenters. The van der Waals surface area contributed by atoms with E-state index >= 15 is 0 Å². The summed E-state index contributed by atoms with van der Waals surface area (Å²) in [7, 11) is 1.52. The van der Waals surface area contributed by atoms with Gasteiger partial charge in [-0.1, -0.05) is 12.1 Å². The molecule has 1 rings (SSSR count). The van der Waals surface area contributed by atoms with Crippen molar-refractivity contribution < 1.29 is 19.5 Å². The van der Waals surface area contributed by atoms with Crippen LogP contribution in [0.5, 0.6) is 0 Å². The third-order valence-electron chi connectivity index (χ3n) is 2.66. The number of rotatable bonds is 6. The number of amides is 3. The summed E-state index contributed by atoms with van der Waals surface area (Å²) in [5.41, 5.74) is 1.19. The van der Waals surface area contributed by atoms with Crippen LogP contribution in [-0.4, -0.2) is 48.1 Å². The fourth-order valence-corrected chi connectivity index (χ4v) is 1.64. The Labute approximate surface area is 122 Å². The Balaban J connectivity index is 2.54. The Morgan fingerprint density at radius 1 is 1.19 bits per heavy atom. The first kappa shape index (κ1) is 16.5. The molecule has 0 aliphatic carbocycles. The summed E-state index contributed by atoms with van der Waals surface area (Å²) in [6.07, 6.45) is -0.0642. The molecule has 21 heavy (non-hydrogen) atoms. The number of carboxylic acid groups (broad SMARTS) is 1. The van der Waals surface area contributed by atoms with E-state index < -0.39 is 12.0 Å². The van der Waals surface area contributed by atoms with Crippen molar-refractivity contribution in [3.8, 4) is 0 Å². The van der Waals surface area contributed by atoms with Gasteiger partial charge in [-0.05, 0) is 24.6 Å². The number of anilines is 1. The number of aliphatic carboxylic acids is 1. The van der Waals surface area contributed by atoms with Crippen molar-refractivity contribution in [2.24, 2.45) is 0 Å². The summed E-state index contributed by atoms with van der Waals surface area (Å²) in [6, 6.07) is 6.10. The molecular weight excluding hydrogens is 274 g/mol. The van der Waals surface area contributed by atoms with Crippen LogP contribution >= 0.6 is 0 Å². The number of hydrogen-bond acceptors (Lipinski definition) is 3. The zero-order valence-corrected chi connectivity index (χ0v) is 12.0. The molecule has 0 spiro atoms. The van der Waals surface area contributed by atoms with Gasteiger partial charge in [-0.3, -0.25) is 9.59 Å². The minimum atomic E-state index is -0.909. The molecule has 0 aliphatic heterocycles. The highest BCUT2D eigenvalue weighted by atomic mass is 16.4. The van der Waals surface area contributed by atoms with Crippen molar-refractivity contribution in [2.45, 2.75) is 13.3 Å². The van der Waals surface area contributed by atoms with E-state index in [4.69, 9.17) is 5.11 Å². The summed E-state index contributed by atoms with van der Waals surface area (Å²) >= 11 is 0. The minimum Gasteiger partial charge on any atom is -0.481 e. The molecule has 0 bridgehead atoms. The molecule has 0 radical (unpaired) electrons. The van der Waals surface area contributed by atoms with Crippen molar-refractivity contribution >= 4 is 23.6 Å². The lowest BCUT2D eigenvalue weighted by atomic mass is 10.1. The van der Waals surface area contributed by atoms with Crippen molar-refractivity contribution in [2.75, 3.05) is 25.5 Å². The second-order valence-corrected chi connectivity index (χ2v) is 4.51. The molecule has 0 saturated carbocycles. The van der Waals surface area contributed by atoms with Crippen molar-refractivity contribution in [1.82, 2.24) is 10.2 Å². The molecule has 0 unspecified atom stereocenters. The Morgan fingerprint density at radius 3 is 2.33 bits per heavy atom. The first-order valence-corrected chi connectivity index (χ1v) is 6.52. The van der Waals surface area contributed by atoms with Crippen LogP contribution < -0.4 is 10.6 Å². The van der Waals surface area contributed by atoms with E-state index in [1.807, 2.05) is 0 Å². The number of benzene rings is 1. The molecule has 0 heterocycles. The molecule has 0 saturated heterocycles. The summed E-state index contributed by atoms with van der Waals surface area (Å²) in [6.45, 7) is 2.28. The normalized spacial score (nSPS) is 9.81. The smallest absolute Gasteiger partial charge is 0.322 e. The van der Waals surface area contributed by atoms with Crippen LogP contribution in [0.1, 0.15) is 12.5 Å². The molecule has 0 fully saturated rings. The average molecular weight is 293 g/mol. The van der Waals surface area contributed by atoms with Crippen molar-refractivity contribution in [3.05, 3.63) is 29.8 Å². The van der Waals surface area contributed by atoms with Gasteiger partial charge in [0.25, 0.3) is 0 Å². The van der Waals surface area contributed by atoms with E-state index in [-0.39, 0.29) is 18.9 Å². The van der Waals surface area contributed by atoms with Gasteiger partial charge in [-0.25, -0.2) is 4.79 Å². The Bertz CT molecular complexity index is 513. The number of likely N-dealkylation sites (N-methyl/N-ethyl adjacent to an activating group) is 2. The predicted octanol–water partition coefficient (Wildman–Crippen LogP) is 0.913. The zero-order valence-electron chi connectivity index (χ0n) is 12.0. The highest BCUT2D eigenvalue weighted by Crippen LogP contribution is 2.10. The molecule has 7 nitrogen and oxygen atoms in total. The molecule has 1 aromatic carbocycles. The van der Waals surface area contributed by atoms with Gasteiger partial charge in [0.15, 0.2) is 0 Å². The second-order valence-electron chi connectivity index (χ2n) is 4.51. The van der Waals surface area contributed by atoms with E-state index in [9.17, 15) is 14.4 Å². The molecule has 0 aromatic heterocycles. The van der Waals surface area contributed by atoms with Crippen LogP contribution in [0, 0.1) is 0 Å². The van der Waals surface area contributed by atoms with E-state index in [2.05, 4.69) is 10.6 Å². The Hall–Kier alpha value is -2.57. The lowest BCUT2D eigenvalue weighted by molar-refractivity contribution is -0.136. The minimum absolute atomic E-state index is 0.0310. The first-order chi connectivity index (χ1) is 9.92.